The van der Waals surface area contributed by atoms with E-state index in [1.54, 1.807) is 12.2 Å². The van der Waals surface area contributed by atoms with E-state index >= 15 is 0 Å². The smallest absolute Gasteiger partial charge is 0.112 e. The molecule has 0 amide bonds. The summed E-state index contributed by atoms with van der Waals surface area (Å²) < 4.78 is 0. The molecule has 3 aromatic carbocycles. The summed E-state index contributed by atoms with van der Waals surface area (Å²) in [6.45, 7) is 21.0. The van der Waals surface area contributed by atoms with Crippen molar-refractivity contribution >= 4 is 5.57 Å². The molecule has 0 bridgehead atoms. The van der Waals surface area contributed by atoms with Gasteiger partial charge in [0, 0.05) is 0 Å². The van der Waals surface area contributed by atoms with Crippen molar-refractivity contribution in [1.29, 1.82) is 5.26 Å². The molecule has 0 saturated carbocycles. The standard InChI is InChI=1S/C38H38N2/c1-7-29(8-2)31(10-4)24-28(6)38(34-18-14-12-15-19-34,35-20-16-13-17-21-35)37-26-33(23-22-30(37)9-3)32(11-5)25-36(40)27-39/h7-8,10-26,36H,1,4-6,9,40H2,2-3H3/b29-8+,31-24+,32-25+. The second-order valence-electron chi connectivity index (χ2n) is 9.47. The maximum atomic E-state index is 9.36. The average Bonchev–Trinajstić information content (AvgIpc) is 3.01. The molecule has 2 heteroatoms. The Balaban J connectivity index is 2.55. The third kappa shape index (κ3) is 5.96. The summed E-state index contributed by atoms with van der Waals surface area (Å²) in [5.41, 5.74) is 14.3. The van der Waals surface area contributed by atoms with Gasteiger partial charge in [0.15, 0.2) is 0 Å². The molecule has 2 N–H and O–H groups in total. The molecule has 2 nitrogen and oxygen atoms in total. The maximum Gasteiger partial charge on any atom is 0.112 e. The van der Waals surface area contributed by atoms with Gasteiger partial charge in [-0.15, -0.1) is 0 Å². The summed E-state index contributed by atoms with van der Waals surface area (Å²) in [4.78, 5) is 0. The van der Waals surface area contributed by atoms with Crippen molar-refractivity contribution in [3.8, 4) is 6.07 Å². The molecule has 0 heterocycles. The number of allylic oxidation sites excluding steroid dienone is 9. The van der Waals surface area contributed by atoms with Gasteiger partial charge >= 0.3 is 0 Å². The Hall–Kier alpha value is -4.71. The van der Waals surface area contributed by atoms with Gasteiger partial charge in [0.1, 0.15) is 6.04 Å². The van der Waals surface area contributed by atoms with Crippen molar-refractivity contribution in [3.05, 3.63) is 186 Å². The molecule has 1 unspecified atom stereocenters. The fraction of sp³-hybridized carbons (Fsp3) is 0.132. The van der Waals surface area contributed by atoms with Crippen LogP contribution in [-0.4, -0.2) is 6.04 Å². The van der Waals surface area contributed by atoms with Crippen LogP contribution >= 0.6 is 0 Å². The van der Waals surface area contributed by atoms with E-state index in [0.717, 1.165) is 51.0 Å². The first kappa shape index (κ1) is 29.8. The lowest BCUT2D eigenvalue weighted by Gasteiger charge is -2.39. The first-order valence-corrected chi connectivity index (χ1v) is 13.5. The van der Waals surface area contributed by atoms with Crippen molar-refractivity contribution in [3.63, 3.8) is 0 Å². The maximum absolute atomic E-state index is 9.36. The minimum Gasteiger partial charge on any atom is -0.313 e. The van der Waals surface area contributed by atoms with E-state index in [1.807, 2.05) is 37.3 Å². The van der Waals surface area contributed by atoms with Gasteiger partial charge in [-0.05, 0) is 75.6 Å². The Kier molecular flexibility index (Phi) is 10.4. The van der Waals surface area contributed by atoms with Crippen LogP contribution in [0, 0.1) is 11.3 Å². The predicted octanol–water partition coefficient (Wildman–Crippen LogP) is 8.80. The van der Waals surface area contributed by atoms with Crippen LogP contribution in [-0.2, 0) is 11.8 Å². The van der Waals surface area contributed by atoms with E-state index in [1.165, 1.54) is 5.56 Å². The molecule has 3 rings (SSSR count). The van der Waals surface area contributed by atoms with E-state index in [9.17, 15) is 5.26 Å². The number of aryl methyl sites for hydroxylation is 1. The van der Waals surface area contributed by atoms with Crippen molar-refractivity contribution in [2.24, 2.45) is 5.73 Å². The highest BCUT2D eigenvalue weighted by Crippen LogP contribution is 2.47. The lowest BCUT2D eigenvalue weighted by Crippen LogP contribution is -2.32. The van der Waals surface area contributed by atoms with Gasteiger partial charge < -0.3 is 5.73 Å². The topological polar surface area (TPSA) is 49.8 Å². The molecule has 1 atom stereocenters. The highest BCUT2D eigenvalue weighted by Gasteiger charge is 2.40. The minimum atomic E-state index is -0.735. The molecule has 0 radical (unpaired) electrons. The Labute approximate surface area is 240 Å². The van der Waals surface area contributed by atoms with E-state index in [-0.39, 0.29) is 0 Å². The third-order valence-corrected chi connectivity index (χ3v) is 7.27. The Morgan fingerprint density at radius 1 is 0.900 bits per heavy atom. The molecule has 0 spiro atoms. The monoisotopic (exact) mass is 522 g/mol. The molecule has 40 heavy (non-hydrogen) atoms. The molecule has 200 valence electrons. The van der Waals surface area contributed by atoms with Gasteiger partial charge in [0.25, 0.3) is 0 Å². The third-order valence-electron chi connectivity index (χ3n) is 7.27. The zero-order chi connectivity index (χ0) is 29.1. The van der Waals surface area contributed by atoms with E-state index in [0.29, 0.717) is 0 Å². The first-order chi connectivity index (χ1) is 19.4. The van der Waals surface area contributed by atoms with E-state index in [2.05, 4.69) is 106 Å². The zero-order valence-electron chi connectivity index (χ0n) is 23.6. The van der Waals surface area contributed by atoms with Crippen molar-refractivity contribution in [2.45, 2.75) is 31.7 Å². The summed E-state index contributed by atoms with van der Waals surface area (Å²) >= 11 is 0. The van der Waals surface area contributed by atoms with Crippen LogP contribution in [0.4, 0.5) is 0 Å². The largest absolute Gasteiger partial charge is 0.313 e. The molecular weight excluding hydrogens is 484 g/mol. The molecule has 0 aliphatic carbocycles. The average molecular weight is 523 g/mol. The number of nitrogens with two attached hydrogens (primary N) is 1. The fourth-order valence-electron chi connectivity index (χ4n) is 5.28. The molecule has 0 aromatic heterocycles. The Bertz CT molecular complexity index is 1470. The quantitative estimate of drug-likeness (QED) is 0.191. The molecular formula is C38H38N2. The molecule has 3 aromatic rings. The summed E-state index contributed by atoms with van der Waals surface area (Å²) in [6, 6.07) is 28.7. The number of nitriles is 1. The van der Waals surface area contributed by atoms with Gasteiger partial charge in [-0.3, -0.25) is 0 Å². The van der Waals surface area contributed by atoms with E-state index in [4.69, 9.17) is 12.3 Å². The summed E-state index contributed by atoms with van der Waals surface area (Å²) in [5, 5.41) is 9.36. The Morgan fingerprint density at radius 3 is 1.93 bits per heavy atom. The lowest BCUT2D eigenvalue weighted by molar-refractivity contribution is 0.733. The van der Waals surface area contributed by atoms with Gasteiger partial charge in [-0.1, -0.05) is 136 Å². The number of rotatable bonds is 12. The molecule has 0 aliphatic rings. The van der Waals surface area contributed by atoms with Crippen molar-refractivity contribution < 1.29 is 0 Å². The second-order valence-corrected chi connectivity index (χ2v) is 9.47. The number of hydrogen-bond donors (Lipinski definition) is 1. The van der Waals surface area contributed by atoms with Crippen LogP contribution in [0.15, 0.2) is 158 Å². The number of benzene rings is 3. The van der Waals surface area contributed by atoms with Crippen LogP contribution in [0.3, 0.4) is 0 Å². The molecule has 0 saturated heterocycles. The molecule has 0 aliphatic heterocycles. The van der Waals surface area contributed by atoms with Crippen LogP contribution in [0.2, 0.25) is 0 Å². The summed E-state index contributed by atoms with van der Waals surface area (Å²) in [6.07, 6.45) is 12.1. The van der Waals surface area contributed by atoms with Crippen LogP contribution in [0.5, 0.6) is 0 Å². The van der Waals surface area contributed by atoms with E-state index < -0.39 is 11.5 Å². The minimum absolute atomic E-state index is 0.734. The predicted molar refractivity (Wildman–Crippen MR) is 172 cm³/mol. The summed E-state index contributed by atoms with van der Waals surface area (Å²) in [5.74, 6) is 0. The summed E-state index contributed by atoms with van der Waals surface area (Å²) in [7, 11) is 0. The second kappa shape index (κ2) is 13.9. The van der Waals surface area contributed by atoms with Crippen LogP contribution in [0.25, 0.3) is 5.57 Å². The highest BCUT2D eigenvalue weighted by molar-refractivity contribution is 5.76. The van der Waals surface area contributed by atoms with Gasteiger partial charge in [-0.2, -0.15) is 5.26 Å². The van der Waals surface area contributed by atoms with Crippen molar-refractivity contribution in [2.75, 3.05) is 0 Å². The van der Waals surface area contributed by atoms with Crippen molar-refractivity contribution in [1.82, 2.24) is 0 Å². The van der Waals surface area contributed by atoms with Gasteiger partial charge in [-0.25, -0.2) is 0 Å². The van der Waals surface area contributed by atoms with Gasteiger partial charge in [0.05, 0.1) is 11.5 Å². The molecule has 0 fully saturated rings. The number of nitrogens with zero attached hydrogens (tertiary/aromatic N) is 1. The zero-order valence-corrected chi connectivity index (χ0v) is 23.6. The first-order valence-electron chi connectivity index (χ1n) is 13.5. The lowest BCUT2D eigenvalue weighted by atomic mass is 9.63. The highest BCUT2D eigenvalue weighted by atomic mass is 14.6. The Morgan fingerprint density at radius 2 is 1.48 bits per heavy atom. The normalized spacial score (nSPS) is 13.2. The SMILES string of the molecule is C=CC(=C\C)/C(C=C)=C/C(=C)C(c1ccccc1)(c1ccccc1)c1cc(/C(C=C)=C/C(N)C#N)ccc1CC. The fourth-order valence-corrected chi connectivity index (χ4v) is 5.28. The number of hydrogen-bond acceptors (Lipinski definition) is 2. The van der Waals surface area contributed by atoms with Gasteiger partial charge in [0.2, 0.25) is 0 Å². The van der Waals surface area contributed by atoms with Crippen LogP contribution < -0.4 is 5.73 Å². The van der Waals surface area contributed by atoms with Crippen LogP contribution in [0.1, 0.15) is 41.7 Å².